The van der Waals surface area contributed by atoms with Gasteiger partial charge in [-0.05, 0) is 24.3 Å². The second-order valence-corrected chi connectivity index (χ2v) is 5.60. The number of hydrogen-bond donors (Lipinski definition) is 1. The fourth-order valence-electron chi connectivity index (χ4n) is 1.58. The average Bonchev–Trinajstić information content (AvgIpc) is 2.39. The number of nitro groups is 1. The summed E-state index contributed by atoms with van der Waals surface area (Å²) in [6, 6.07) is 4.73. The van der Waals surface area contributed by atoms with E-state index < -0.39 is 43.0 Å². The minimum atomic E-state index is -4.62. The van der Waals surface area contributed by atoms with Crippen molar-refractivity contribution in [3.05, 3.63) is 58.1 Å². The van der Waals surface area contributed by atoms with Crippen LogP contribution >= 0.6 is 0 Å². The van der Waals surface area contributed by atoms with Crippen LogP contribution < -0.4 is 9.92 Å². The van der Waals surface area contributed by atoms with Crippen LogP contribution in [0.5, 0.6) is 5.75 Å². The lowest BCUT2D eigenvalue weighted by molar-refractivity contribution is -0.383. The molecule has 0 heterocycles. The molecule has 0 amide bonds. The number of anilines is 1. The van der Waals surface area contributed by atoms with Crippen LogP contribution in [0, 0.1) is 21.7 Å². The van der Waals surface area contributed by atoms with Gasteiger partial charge in [-0.3, -0.25) is 10.1 Å². The SMILES string of the molecule is Nc1ccc(OS(=O)(=O)c2ccc(F)cc2F)cc1[N+](=O)[O-]. The zero-order valence-electron chi connectivity index (χ0n) is 10.7. The van der Waals surface area contributed by atoms with Crippen LogP contribution in [0.25, 0.3) is 0 Å². The first-order chi connectivity index (χ1) is 10.2. The lowest BCUT2D eigenvalue weighted by Gasteiger charge is -2.08. The highest BCUT2D eigenvalue weighted by Gasteiger charge is 2.23. The molecule has 22 heavy (non-hydrogen) atoms. The Labute approximate surface area is 123 Å². The molecule has 0 bridgehead atoms. The summed E-state index contributed by atoms with van der Waals surface area (Å²) in [4.78, 5) is 9.00. The van der Waals surface area contributed by atoms with Gasteiger partial charge in [0.25, 0.3) is 5.69 Å². The van der Waals surface area contributed by atoms with Crippen LogP contribution in [0.1, 0.15) is 0 Å². The van der Waals surface area contributed by atoms with E-state index in [0.717, 1.165) is 24.3 Å². The molecular formula is C12H8F2N2O5S. The van der Waals surface area contributed by atoms with Gasteiger partial charge in [0, 0.05) is 6.07 Å². The zero-order valence-corrected chi connectivity index (χ0v) is 11.5. The fraction of sp³-hybridized carbons (Fsp3) is 0. The van der Waals surface area contributed by atoms with Gasteiger partial charge in [0.05, 0.1) is 11.0 Å². The predicted octanol–water partition coefficient (Wildman–Crippen LogP) is 2.22. The maximum atomic E-state index is 13.5. The second kappa shape index (κ2) is 5.56. The van der Waals surface area contributed by atoms with Crippen molar-refractivity contribution in [1.29, 1.82) is 0 Å². The fourth-order valence-corrected chi connectivity index (χ4v) is 2.56. The minimum Gasteiger partial charge on any atom is -0.393 e. The number of nitrogen functional groups attached to an aromatic ring is 1. The summed E-state index contributed by atoms with van der Waals surface area (Å²) in [5.74, 6) is -2.73. The van der Waals surface area contributed by atoms with Gasteiger partial charge in [0.15, 0.2) is 0 Å². The Bertz CT molecular complexity index is 855. The minimum absolute atomic E-state index is 0.192. The molecule has 0 aromatic heterocycles. The lowest BCUT2D eigenvalue weighted by Crippen LogP contribution is -2.12. The van der Waals surface area contributed by atoms with Crippen molar-refractivity contribution in [2.45, 2.75) is 4.90 Å². The molecule has 0 spiro atoms. The van der Waals surface area contributed by atoms with Crippen molar-refractivity contribution in [3.63, 3.8) is 0 Å². The third-order valence-electron chi connectivity index (χ3n) is 2.57. The molecule has 0 atom stereocenters. The number of nitrogens with two attached hydrogens (primary N) is 1. The van der Waals surface area contributed by atoms with E-state index in [4.69, 9.17) is 5.73 Å². The van der Waals surface area contributed by atoms with E-state index in [9.17, 15) is 27.3 Å². The van der Waals surface area contributed by atoms with Gasteiger partial charge < -0.3 is 9.92 Å². The molecule has 0 aliphatic carbocycles. The summed E-state index contributed by atoms with van der Waals surface area (Å²) in [7, 11) is -4.62. The first-order valence-corrected chi connectivity index (χ1v) is 7.05. The molecule has 10 heteroatoms. The standard InChI is InChI=1S/C12H8F2N2O5S/c13-7-1-4-12(9(14)5-7)22(19,20)21-8-2-3-10(15)11(6-8)16(17)18/h1-6H,15H2. The Morgan fingerprint density at radius 2 is 1.82 bits per heavy atom. The third kappa shape index (κ3) is 3.11. The molecule has 2 N–H and O–H groups in total. The van der Waals surface area contributed by atoms with Crippen molar-refractivity contribution < 1.29 is 26.3 Å². The van der Waals surface area contributed by atoms with E-state index >= 15 is 0 Å². The normalized spacial score (nSPS) is 11.2. The second-order valence-electron chi connectivity index (χ2n) is 4.09. The molecule has 2 aromatic carbocycles. The van der Waals surface area contributed by atoms with Gasteiger partial charge in [0.1, 0.15) is 28.0 Å². The monoisotopic (exact) mass is 330 g/mol. The molecule has 116 valence electrons. The summed E-state index contributed by atoms with van der Waals surface area (Å²) < 4.78 is 54.7. The van der Waals surface area contributed by atoms with Crippen molar-refractivity contribution in [1.82, 2.24) is 0 Å². The molecule has 0 aliphatic rings. The Hall–Kier alpha value is -2.75. The average molecular weight is 330 g/mol. The molecule has 0 saturated heterocycles. The number of hydrogen-bond acceptors (Lipinski definition) is 6. The van der Waals surface area contributed by atoms with E-state index in [1.54, 1.807) is 0 Å². The van der Waals surface area contributed by atoms with Gasteiger partial charge in [-0.15, -0.1) is 0 Å². The summed E-state index contributed by atoms with van der Waals surface area (Å²) >= 11 is 0. The molecule has 0 aliphatic heterocycles. The van der Waals surface area contributed by atoms with Gasteiger partial charge in [-0.2, -0.15) is 8.42 Å². The summed E-state index contributed by atoms with van der Waals surface area (Å²) in [5, 5.41) is 10.7. The van der Waals surface area contributed by atoms with Gasteiger partial charge in [-0.1, -0.05) is 0 Å². The topological polar surface area (TPSA) is 113 Å². The molecule has 0 fully saturated rings. The number of nitrogens with zero attached hydrogens (tertiary/aromatic N) is 1. The molecule has 0 saturated carbocycles. The Morgan fingerprint density at radius 3 is 2.41 bits per heavy atom. The van der Waals surface area contributed by atoms with Crippen LogP contribution in [0.2, 0.25) is 0 Å². The van der Waals surface area contributed by atoms with E-state index in [1.165, 1.54) is 0 Å². The number of halogens is 2. The largest absolute Gasteiger partial charge is 0.393 e. The van der Waals surface area contributed by atoms with Gasteiger partial charge in [0.2, 0.25) is 0 Å². The van der Waals surface area contributed by atoms with Crippen LogP contribution in [0.15, 0.2) is 41.3 Å². The maximum absolute atomic E-state index is 13.5. The number of benzene rings is 2. The first-order valence-electron chi connectivity index (χ1n) is 5.64. The molecular weight excluding hydrogens is 322 g/mol. The van der Waals surface area contributed by atoms with E-state index in [0.29, 0.717) is 12.1 Å². The third-order valence-corrected chi connectivity index (χ3v) is 3.85. The lowest BCUT2D eigenvalue weighted by atomic mass is 10.2. The first kappa shape index (κ1) is 15.6. The van der Waals surface area contributed by atoms with Crippen LogP contribution in [0.4, 0.5) is 20.2 Å². The molecule has 0 unspecified atom stereocenters. The quantitative estimate of drug-likeness (QED) is 0.398. The van der Waals surface area contributed by atoms with Gasteiger partial charge >= 0.3 is 10.1 Å². The van der Waals surface area contributed by atoms with Crippen LogP contribution in [-0.2, 0) is 10.1 Å². The molecule has 2 rings (SSSR count). The van der Waals surface area contributed by atoms with Gasteiger partial charge in [-0.25, -0.2) is 8.78 Å². The summed E-state index contributed by atoms with van der Waals surface area (Å²) in [5.41, 5.74) is 4.60. The Morgan fingerprint density at radius 1 is 1.14 bits per heavy atom. The number of nitro benzene ring substituents is 1. The molecule has 7 nitrogen and oxygen atoms in total. The van der Waals surface area contributed by atoms with Crippen molar-refractivity contribution in [3.8, 4) is 5.75 Å². The van der Waals surface area contributed by atoms with Crippen molar-refractivity contribution >= 4 is 21.5 Å². The van der Waals surface area contributed by atoms with Crippen LogP contribution in [0.3, 0.4) is 0 Å². The van der Waals surface area contributed by atoms with Crippen LogP contribution in [-0.4, -0.2) is 13.3 Å². The highest BCUT2D eigenvalue weighted by Crippen LogP contribution is 2.29. The van der Waals surface area contributed by atoms with Crippen molar-refractivity contribution in [2.24, 2.45) is 0 Å². The zero-order chi connectivity index (χ0) is 16.5. The highest BCUT2D eigenvalue weighted by molar-refractivity contribution is 7.87. The number of rotatable bonds is 4. The molecule has 2 aromatic rings. The van der Waals surface area contributed by atoms with E-state index in [2.05, 4.69) is 4.18 Å². The predicted molar refractivity (Wildman–Crippen MR) is 71.7 cm³/mol. The Balaban J connectivity index is 2.41. The highest BCUT2D eigenvalue weighted by atomic mass is 32.2. The molecule has 0 radical (unpaired) electrons. The smallest absolute Gasteiger partial charge is 0.342 e. The maximum Gasteiger partial charge on any atom is 0.342 e. The van der Waals surface area contributed by atoms with E-state index in [-0.39, 0.29) is 5.69 Å². The van der Waals surface area contributed by atoms with E-state index in [1.807, 2.05) is 0 Å². The summed E-state index contributed by atoms with van der Waals surface area (Å²) in [6.07, 6.45) is 0. The Kier molecular flexibility index (Phi) is 3.95. The summed E-state index contributed by atoms with van der Waals surface area (Å²) in [6.45, 7) is 0. The van der Waals surface area contributed by atoms with Crippen molar-refractivity contribution in [2.75, 3.05) is 5.73 Å².